The summed E-state index contributed by atoms with van der Waals surface area (Å²) in [5.74, 6) is 1.50. The number of nitrogens with one attached hydrogen (secondary N) is 1. The molecule has 7 nitrogen and oxygen atoms in total. The lowest BCUT2D eigenvalue weighted by Crippen LogP contribution is -2.61. The lowest BCUT2D eigenvalue weighted by atomic mass is 9.45. The zero-order chi connectivity index (χ0) is 38.3. The lowest BCUT2D eigenvalue weighted by molar-refractivity contribution is -0.136. The van der Waals surface area contributed by atoms with E-state index in [0.29, 0.717) is 29.6 Å². The number of aryl methyl sites for hydroxylation is 1. The maximum atomic E-state index is 13.8. The van der Waals surface area contributed by atoms with Gasteiger partial charge in [-0.1, -0.05) is 114 Å². The summed E-state index contributed by atoms with van der Waals surface area (Å²) >= 11 is 0. The molecule has 1 aliphatic heterocycles. The average molecular weight is 741 g/mol. The van der Waals surface area contributed by atoms with Crippen molar-refractivity contribution in [2.75, 3.05) is 26.4 Å². The van der Waals surface area contributed by atoms with E-state index < -0.39 is 16.1 Å². The summed E-state index contributed by atoms with van der Waals surface area (Å²) in [5.41, 5.74) is 7.58. The van der Waals surface area contributed by atoms with Gasteiger partial charge >= 0.3 is 0 Å². The number of likely N-dealkylation sites (N-methyl/N-ethyl adjacent to an activating group) is 1. The second-order valence-electron chi connectivity index (χ2n) is 18.6. The second-order valence-corrected chi connectivity index (χ2v) is 20.7. The molecule has 0 radical (unpaired) electrons. The summed E-state index contributed by atoms with van der Waals surface area (Å²) in [6.45, 7) is 18.7. The van der Waals surface area contributed by atoms with E-state index in [0.717, 1.165) is 43.6 Å². The lowest BCUT2D eigenvalue weighted by Gasteiger charge is -2.62. The van der Waals surface area contributed by atoms with Gasteiger partial charge in [-0.3, -0.25) is 9.69 Å². The zero-order valence-corrected chi connectivity index (χ0v) is 34.5. The number of fused-ring (bicyclic) bond motifs is 2. The van der Waals surface area contributed by atoms with Crippen molar-refractivity contribution in [2.24, 2.45) is 28.6 Å². The first-order chi connectivity index (χ1) is 24.9. The number of carbonyl (C=O) groups excluding carboxylic acids is 1. The fourth-order valence-corrected chi connectivity index (χ4v) is 11.5. The molecule has 3 aliphatic carbocycles. The predicted molar refractivity (Wildman–Crippen MR) is 218 cm³/mol. The Labute approximate surface area is 320 Å². The van der Waals surface area contributed by atoms with Crippen LogP contribution < -0.4 is 5.32 Å². The number of sulfonamides is 1. The van der Waals surface area contributed by atoms with Gasteiger partial charge in [0.15, 0.2) is 0 Å². The van der Waals surface area contributed by atoms with Crippen LogP contribution in [-0.2, 0) is 34.5 Å². The third kappa shape index (κ3) is 8.93. The molecule has 2 bridgehead atoms. The Kier molecular flexibility index (Phi) is 11.7. The van der Waals surface area contributed by atoms with Crippen LogP contribution in [0, 0.1) is 35.5 Å². The minimum atomic E-state index is -3.56. The molecule has 53 heavy (non-hydrogen) atoms. The zero-order valence-electron chi connectivity index (χ0n) is 33.7. The number of benzene rings is 3. The first-order valence-electron chi connectivity index (χ1n) is 19.8. The largest absolute Gasteiger partial charge is 0.352 e. The van der Waals surface area contributed by atoms with E-state index >= 15 is 0 Å². The van der Waals surface area contributed by atoms with Gasteiger partial charge in [0.05, 0.1) is 5.75 Å². The van der Waals surface area contributed by atoms with E-state index in [2.05, 4.69) is 138 Å². The van der Waals surface area contributed by atoms with Gasteiger partial charge in [0.25, 0.3) is 0 Å². The highest BCUT2D eigenvalue weighted by Gasteiger charge is 2.56. The molecule has 3 saturated carbocycles. The van der Waals surface area contributed by atoms with Crippen LogP contribution >= 0.6 is 0 Å². The van der Waals surface area contributed by atoms with E-state index in [1.165, 1.54) is 33.0 Å². The molecule has 3 aromatic carbocycles. The van der Waals surface area contributed by atoms with Gasteiger partial charge < -0.3 is 10.2 Å². The minimum Gasteiger partial charge on any atom is -0.352 e. The van der Waals surface area contributed by atoms with Gasteiger partial charge in [-0.05, 0) is 109 Å². The molecule has 1 heterocycles. The second kappa shape index (κ2) is 15.6. The smallest absolute Gasteiger partial charge is 0.238 e. The van der Waals surface area contributed by atoms with Crippen molar-refractivity contribution in [3.63, 3.8) is 0 Å². The summed E-state index contributed by atoms with van der Waals surface area (Å²) in [7, 11) is 0.744. The van der Waals surface area contributed by atoms with Gasteiger partial charge in [0.2, 0.25) is 15.9 Å². The molecule has 1 N–H and O–H groups in total. The highest BCUT2D eigenvalue weighted by atomic mass is 32.2. The summed E-state index contributed by atoms with van der Waals surface area (Å²) in [6, 6.07) is 25.5. The minimum absolute atomic E-state index is 0.0103. The third-order valence-corrected chi connectivity index (χ3v) is 14.7. The Morgan fingerprint density at radius 3 is 2.28 bits per heavy atom. The van der Waals surface area contributed by atoms with Crippen molar-refractivity contribution in [1.82, 2.24) is 19.4 Å². The van der Waals surface area contributed by atoms with E-state index in [-0.39, 0.29) is 35.7 Å². The molecular formula is C45H64N4O3S. The van der Waals surface area contributed by atoms with Crippen LogP contribution in [0.2, 0.25) is 0 Å². The maximum Gasteiger partial charge on any atom is 0.238 e. The average Bonchev–Trinajstić information content (AvgIpc) is 3.37. The molecular weight excluding hydrogens is 677 g/mol. The van der Waals surface area contributed by atoms with Crippen molar-refractivity contribution >= 4 is 15.9 Å². The van der Waals surface area contributed by atoms with Gasteiger partial charge in [-0.2, -0.15) is 4.31 Å². The molecule has 4 aliphatic rings. The van der Waals surface area contributed by atoms with Gasteiger partial charge in [0, 0.05) is 38.3 Å². The highest BCUT2D eigenvalue weighted by Crippen LogP contribution is 2.61. The molecule has 8 heteroatoms. The van der Waals surface area contributed by atoms with Crippen molar-refractivity contribution in [2.45, 2.75) is 112 Å². The van der Waals surface area contributed by atoms with Crippen molar-refractivity contribution in [1.29, 1.82) is 0 Å². The van der Waals surface area contributed by atoms with E-state index in [4.69, 9.17) is 0 Å². The van der Waals surface area contributed by atoms with E-state index in [9.17, 15) is 13.2 Å². The molecule has 4 fully saturated rings. The van der Waals surface area contributed by atoms with Crippen molar-refractivity contribution in [3.8, 4) is 11.1 Å². The predicted octanol–water partition coefficient (Wildman–Crippen LogP) is 8.12. The van der Waals surface area contributed by atoms with Crippen molar-refractivity contribution < 1.29 is 13.2 Å². The molecule has 0 spiro atoms. The fourth-order valence-electron chi connectivity index (χ4n) is 9.81. The van der Waals surface area contributed by atoms with Gasteiger partial charge in [-0.15, -0.1) is 0 Å². The first-order valence-corrected chi connectivity index (χ1v) is 21.4. The van der Waals surface area contributed by atoms with Crippen LogP contribution in [0.15, 0.2) is 72.8 Å². The number of hydrogen-bond donors (Lipinski definition) is 1. The summed E-state index contributed by atoms with van der Waals surface area (Å²) in [6.07, 6.45) is 3.58. The Balaban J connectivity index is 1.24. The van der Waals surface area contributed by atoms with Crippen LogP contribution in [-0.4, -0.2) is 72.9 Å². The Hall–Kier alpha value is -3.04. The molecule has 1 unspecified atom stereocenters. The summed E-state index contributed by atoms with van der Waals surface area (Å²) in [5, 5.41) is 3.33. The standard InChI is InChI=1S/C45H64N4O3S/c1-31-15-10-12-19-38(31)39-20-13-11-18-35(39)29-48(37(30-47(8)9)26-44(3,4)5)27-33-16-14-17-34(23-33)28-49-42(21-22-53(49,51)52)43(50)46-41-25-36-24-40(32(41)2)45(36,6)7/h10-20,23,32,36-37,40-42H,21-22,24-30H2,1-9H3,(H,46,50)/t32-,36+,37-,40-,41-,42?/m0/s1. The molecule has 1 saturated heterocycles. The maximum absolute atomic E-state index is 13.8. The molecule has 288 valence electrons. The highest BCUT2D eigenvalue weighted by molar-refractivity contribution is 7.89. The molecule has 3 aromatic rings. The van der Waals surface area contributed by atoms with Gasteiger partial charge in [-0.25, -0.2) is 8.42 Å². The van der Waals surface area contributed by atoms with Crippen LogP contribution in [0.1, 0.15) is 89.5 Å². The van der Waals surface area contributed by atoms with Crippen LogP contribution in [0.25, 0.3) is 11.1 Å². The van der Waals surface area contributed by atoms with E-state index in [1.54, 1.807) is 0 Å². The molecule has 1 amide bonds. The number of rotatable bonds is 13. The topological polar surface area (TPSA) is 73.0 Å². The molecule has 6 atom stereocenters. The molecule has 0 aromatic heterocycles. The SMILES string of the molecule is Cc1ccccc1-c1ccccc1CN(Cc1cccc(CN2C(C(=O)N[C@H]3C[C@H]4C[C@@H]([C@@H]3C)C4(C)C)CCS2(=O)=O)c1)[C@H](CN(C)C)CC(C)(C)C. The number of hydrogen-bond acceptors (Lipinski definition) is 5. The quantitative estimate of drug-likeness (QED) is 0.192. The summed E-state index contributed by atoms with van der Waals surface area (Å²) < 4.78 is 28.4. The normalized spacial score (nSPS) is 25.7. The van der Waals surface area contributed by atoms with Gasteiger partial charge in [0.1, 0.15) is 6.04 Å². The monoisotopic (exact) mass is 740 g/mol. The number of amides is 1. The Morgan fingerprint density at radius 2 is 1.62 bits per heavy atom. The Bertz CT molecular complexity index is 1860. The summed E-state index contributed by atoms with van der Waals surface area (Å²) in [4.78, 5) is 18.7. The fraction of sp³-hybridized carbons (Fsp3) is 0.578. The van der Waals surface area contributed by atoms with Crippen LogP contribution in [0.4, 0.5) is 0 Å². The van der Waals surface area contributed by atoms with Crippen LogP contribution in [0.3, 0.4) is 0 Å². The van der Waals surface area contributed by atoms with Crippen molar-refractivity contribution in [3.05, 3.63) is 95.1 Å². The Morgan fingerprint density at radius 1 is 0.943 bits per heavy atom. The number of carbonyl (C=O) groups is 1. The molecule has 7 rings (SSSR count). The number of nitrogens with zero attached hydrogens (tertiary/aromatic N) is 3. The third-order valence-electron chi connectivity index (χ3n) is 12.8. The first kappa shape index (κ1) is 39.6. The van der Waals surface area contributed by atoms with Crippen LogP contribution in [0.5, 0.6) is 0 Å². The van der Waals surface area contributed by atoms with E-state index in [1.807, 2.05) is 12.1 Å².